The molecule has 2 aliphatic rings. The summed E-state index contributed by atoms with van der Waals surface area (Å²) < 4.78 is 14.2. The van der Waals surface area contributed by atoms with E-state index < -0.39 is 0 Å². The minimum absolute atomic E-state index is 0.0363. The van der Waals surface area contributed by atoms with E-state index in [1.54, 1.807) is 6.07 Å². The van der Waals surface area contributed by atoms with Gasteiger partial charge in [0, 0.05) is 56.4 Å². The summed E-state index contributed by atoms with van der Waals surface area (Å²) in [6, 6.07) is 8.85. The van der Waals surface area contributed by atoms with Crippen molar-refractivity contribution in [3.05, 3.63) is 53.6 Å². The van der Waals surface area contributed by atoms with E-state index in [4.69, 9.17) is 4.98 Å². The number of hydrogen-bond donors (Lipinski definition) is 1. The lowest BCUT2D eigenvalue weighted by Gasteiger charge is -2.27. The molecule has 2 aromatic rings. The first-order valence-electron chi connectivity index (χ1n) is 11.4. The van der Waals surface area contributed by atoms with Gasteiger partial charge in [-0.2, -0.15) is 0 Å². The first kappa shape index (κ1) is 21.7. The SMILES string of the molecule is CC(C)NC(=O)[C@H]1CN(Cc2ccccc2F)C[C@@H]1c1ccnc(N2CCCCC2)n1. The maximum absolute atomic E-state index is 14.2. The lowest BCUT2D eigenvalue weighted by atomic mass is 9.91. The molecule has 2 fully saturated rings. The number of carbonyl (C=O) groups is 1. The van der Waals surface area contributed by atoms with Crippen LogP contribution in [0.2, 0.25) is 0 Å². The molecule has 1 aromatic carbocycles. The van der Waals surface area contributed by atoms with E-state index in [2.05, 4.69) is 20.1 Å². The van der Waals surface area contributed by atoms with Crippen LogP contribution in [0.15, 0.2) is 36.5 Å². The number of aromatic nitrogens is 2. The Balaban J connectivity index is 1.57. The number of hydrogen-bond acceptors (Lipinski definition) is 5. The van der Waals surface area contributed by atoms with E-state index in [0.717, 1.165) is 37.6 Å². The van der Waals surface area contributed by atoms with Crippen LogP contribution in [0.5, 0.6) is 0 Å². The van der Waals surface area contributed by atoms with Gasteiger partial charge in [0.2, 0.25) is 11.9 Å². The number of rotatable bonds is 6. The number of benzene rings is 1. The summed E-state index contributed by atoms with van der Waals surface area (Å²) in [5.41, 5.74) is 1.55. The Labute approximate surface area is 183 Å². The molecule has 0 spiro atoms. The standard InChI is InChI=1S/C24H32FN5O/c1-17(2)27-23(31)20-16-29(14-18-8-4-5-9-21(18)25)15-19(20)22-10-11-26-24(28-22)30-12-6-3-7-13-30/h4-5,8-11,17,19-20H,3,6-7,12-16H2,1-2H3,(H,27,31)/t19-,20-/m0/s1. The maximum atomic E-state index is 14.2. The predicted octanol–water partition coefficient (Wildman–Crippen LogP) is 3.35. The van der Waals surface area contributed by atoms with Gasteiger partial charge in [-0.05, 0) is 45.2 Å². The molecule has 2 atom stereocenters. The van der Waals surface area contributed by atoms with E-state index in [0.29, 0.717) is 25.2 Å². The fraction of sp³-hybridized carbons (Fsp3) is 0.542. The van der Waals surface area contributed by atoms with Gasteiger partial charge < -0.3 is 10.2 Å². The topological polar surface area (TPSA) is 61.4 Å². The predicted molar refractivity (Wildman–Crippen MR) is 119 cm³/mol. The number of amides is 1. The van der Waals surface area contributed by atoms with Crippen molar-refractivity contribution in [3.63, 3.8) is 0 Å². The zero-order valence-corrected chi connectivity index (χ0v) is 18.4. The molecule has 1 aromatic heterocycles. The van der Waals surface area contributed by atoms with Gasteiger partial charge in [-0.3, -0.25) is 9.69 Å². The fourth-order valence-corrected chi connectivity index (χ4v) is 4.65. The normalized spacial score (nSPS) is 22.1. The third-order valence-corrected chi connectivity index (χ3v) is 6.20. The quantitative estimate of drug-likeness (QED) is 0.769. The van der Waals surface area contributed by atoms with Gasteiger partial charge in [0.25, 0.3) is 0 Å². The largest absolute Gasteiger partial charge is 0.354 e. The molecule has 3 heterocycles. The highest BCUT2D eigenvalue weighted by Crippen LogP contribution is 2.34. The summed E-state index contributed by atoms with van der Waals surface area (Å²) in [5.74, 6) is 0.320. The lowest BCUT2D eigenvalue weighted by molar-refractivity contribution is -0.125. The summed E-state index contributed by atoms with van der Waals surface area (Å²) in [4.78, 5) is 26.8. The number of piperidine rings is 1. The summed E-state index contributed by atoms with van der Waals surface area (Å²) in [6.07, 6.45) is 5.38. The first-order chi connectivity index (χ1) is 15.0. The second kappa shape index (κ2) is 9.73. The molecule has 166 valence electrons. The number of nitrogens with one attached hydrogen (secondary N) is 1. The van der Waals surface area contributed by atoms with E-state index in [9.17, 15) is 9.18 Å². The van der Waals surface area contributed by atoms with Crippen LogP contribution in [0.25, 0.3) is 0 Å². The molecule has 0 bridgehead atoms. The van der Waals surface area contributed by atoms with Crippen molar-refractivity contribution in [2.24, 2.45) is 5.92 Å². The molecule has 6 nitrogen and oxygen atoms in total. The van der Waals surface area contributed by atoms with Crippen molar-refractivity contribution in [2.75, 3.05) is 31.1 Å². The third-order valence-electron chi connectivity index (χ3n) is 6.20. The summed E-state index contributed by atoms with van der Waals surface area (Å²) in [5, 5.41) is 3.06. The van der Waals surface area contributed by atoms with Crippen LogP contribution in [-0.4, -0.2) is 53.0 Å². The van der Waals surface area contributed by atoms with Crippen molar-refractivity contribution in [1.29, 1.82) is 0 Å². The Bertz CT molecular complexity index is 899. The van der Waals surface area contributed by atoms with Crippen molar-refractivity contribution >= 4 is 11.9 Å². The molecule has 0 unspecified atom stereocenters. The van der Waals surface area contributed by atoms with Crippen LogP contribution >= 0.6 is 0 Å². The first-order valence-corrected chi connectivity index (χ1v) is 11.4. The monoisotopic (exact) mass is 425 g/mol. The highest BCUT2D eigenvalue weighted by molar-refractivity contribution is 5.80. The van der Waals surface area contributed by atoms with Gasteiger partial charge in [-0.25, -0.2) is 14.4 Å². The zero-order chi connectivity index (χ0) is 21.8. The Hall–Kier alpha value is -2.54. The Morgan fingerprint density at radius 3 is 2.68 bits per heavy atom. The van der Waals surface area contributed by atoms with E-state index >= 15 is 0 Å². The van der Waals surface area contributed by atoms with Gasteiger partial charge in [0.15, 0.2) is 0 Å². The van der Waals surface area contributed by atoms with E-state index in [1.165, 1.54) is 12.5 Å². The average Bonchev–Trinajstić information content (AvgIpc) is 3.20. The molecule has 4 rings (SSSR count). The zero-order valence-electron chi connectivity index (χ0n) is 18.4. The third kappa shape index (κ3) is 5.21. The number of nitrogens with zero attached hydrogens (tertiary/aromatic N) is 4. The maximum Gasteiger partial charge on any atom is 0.225 e. The highest BCUT2D eigenvalue weighted by Gasteiger charge is 2.39. The van der Waals surface area contributed by atoms with Crippen LogP contribution in [0.3, 0.4) is 0 Å². The van der Waals surface area contributed by atoms with Crippen LogP contribution in [0.4, 0.5) is 10.3 Å². The molecule has 0 saturated carbocycles. The van der Waals surface area contributed by atoms with Gasteiger partial charge in [-0.1, -0.05) is 18.2 Å². The van der Waals surface area contributed by atoms with Gasteiger partial charge in [0.1, 0.15) is 5.82 Å². The van der Waals surface area contributed by atoms with Gasteiger partial charge >= 0.3 is 0 Å². The molecule has 0 aliphatic carbocycles. The van der Waals surface area contributed by atoms with Crippen LogP contribution < -0.4 is 10.2 Å². The number of carbonyl (C=O) groups excluding carboxylic acids is 1. The van der Waals surface area contributed by atoms with Crippen molar-refractivity contribution in [1.82, 2.24) is 20.2 Å². The van der Waals surface area contributed by atoms with Crippen molar-refractivity contribution in [2.45, 2.75) is 51.6 Å². The molecular weight excluding hydrogens is 393 g/mol. The Morgan fingerprint density at radius 1 is 1.16 bits per heavy atom. The molecule has 2 saturated heterocycles. The minimum Gasteiger partial charge on any atom is -0.354 e. The molecule has 1 N–H and O–H groups in total. The highest BCUT2D eigenvalue weighted by atomic mass is 19.1. The van der Waals surface area contributed by atoms with Crippen LogP contribution in [-0.2, 0) is 11.3 Å². The summed E-state index contributed by atoms with van der Waals surface area (Å²) >= 11 is 0. The second-order valence-corrected chi connectivity index (χ2v) is 8.99. The minimum atomic E-state index is -0.224. The molecule has 0 radical (unpaired) electrons. The molecule has 2 aliphatic heterocycles. The second-order valence-electron chi connectivity index (χ2n) is 8.99. The van der Waals surface area contributed by atoms with Gasteiger partial charge in [0.05, 0.1) is 11.6 Å². The molecule has 1 amide bonds. The van der Waals surface area contributed by atoms with Crippen LogP contribution in [0, 0.1) is 11.7 Å². The molecule has 7 heteroatoms. The van der Waals surface area contributed by atoms with Gasteiger partial charge in [-0.15, -0.1) is 0 Å². The van der Waals surface area contributed by atoms with Crippen molar-refractivity contribution in [3.8, 4) is 0 Å². The number of anilines is 1. The number of halogens is 1. The van der Waals surface area contributed by atoms with E-state index in [1.807, 2.05) is 38.2 Å². The van der Waals surface area contributed by atoms with Crippen LogP contribution in [0.1, 0.15) is 50.3 Å². The van der Waals surface area contributed by atoms with E-state index in [-0.39, 0.29) is 29.6 Å². The lowest BCUT2D eigenvalue weighted by Crippen LogP contribution is -2.38. The number of likely N-dealkylation sites (tertiary alicyclic amines) is 1. The molecule has 31 heavy (non-hydrogen) atoms. The average molecular weight is 426 g/mol. The molecular formula is C24H32FN5O. The smallest absolute Gasteiger partial charge is 0.225 e. The Morgan fingerprint density at radius 2 is 1.94 bits per heavy atom. The Kier molecular flexibility index (Phi) is 6.80. The summed E-state index contributed by atoms with van der Waals surface area (Å²) in [7, 11) is 0. The summed E-state index contributed by atoms with van der Waals surface area (Å²) in [6.45, 7) is 7.63. The van der Waals surface area contributed by atoms with Crippen molar-refractivity contribution < 1.29 is 9.18 Å². The fourth-order valence-electron chi connectivity index (χ4n) is 4.65.